The molecule has 1 saturated heterocycles. The quantitative estimate of drug-likeness (QED) is 0.746. The van der Waals surface area contributed by atoms with Gasteiger partial charge in [0.25, 0.3) is 0 Å². The van der Waals surface area contributed by atoms with Crippen LogP contribution in [0.3, 0.4) is 0 Å². The summed E-state index contributed by atoms with van der Waals surface area (Å²) in [5.41, 5.74) is 0.982. The Bertz CT molecular complexity index is 386. The van der Waals surface area contributed by atoms with Gasteiger partial charge in [0.05, 0.1) is 7.11 Å². The molecule has 0 atom stereocenters. The van der Waals surface area contributed by atoms with E-state index in [1.165, 1.54) is 19.2 Å². The molecule has 1 aliphatic heterocycles. The second kappa shape index (κ2) is 5.03. The van der Waals surface area contributed by atoms with E-state index in [1.54, 1.807) is 17.0 Å². The van der Waals surface area contributed by atoms with Crippen LogP contribution in [-0.2, 0) is 4.74 Å². The van der Waals surface area contributed by atoms with Gasteiger partial charge in [0.15, 0.2) is 0 Å². The molecule has 92 valence electrons. The highest BCUT2D eigenvalue weighted by atomic mass is 19.1. The lowest BCUT2D eigenvalue weighted by molar-refractivity contribution is 0.121. The van der Waals surface area contributed by atoms with Crippen LogP contribution in [-0.4, -0.2) is 44.3 Å². The zero-order valence-corrected chi connectivity index (χ0v) is 9.73. The fraction of sp³-hybridized carbons (Fsp3) is 0.417. The number of hydrogen-bond acceptors (Lipinski definition) is 3. The number of anilines is 1. The number of carbonyl (C=O) groups is 1. The number of carbonyl (C=O) groups excluding carboxylic acids is 1. The summed E-state index contributed by atoms with van der Waals surface area (Å²) in [6, 6.07) is 6.40. The molecule has 0 radical (unpaired) electrons. The highest BCUT2D eigenvalue weighted by Crippen LogP contribution is 2.16. The minimum Gasteiger partial charge on any atom is -0.453 e. The predicted molar refractivity (Wildman–Crippen MR) is 62.6 cm³/mol. The average Bonchev–Trinajstić information content (AvgIpc) is 2.39. The van der Waals surface area contributed by atoms with Crippen LogP contribution in [0.4, 0.5) is 14.9 Å². The first-order chi connectivity index (χ1) is 8.20. The fourth-order valence-electron chi connectivity index (χ4n) is 1.93. The molecular formula is C12H15FN2O2. The fourth-order valence-corrected chi connectivity index (χ4v) is 1.93. The van der Waals surface area contributed by atoms with E-state index in [0.29, 0.717) is 13.1 Å². The van der Waals surface area contributed by atoms with Gasteiger partial charge in [-0.05, 0) is 24.3 Å². The summed E-state index contributed by atoms with van der Waals surface area (Å²) in [6.07, 6.45) is -0.288. The van der Waals surface area contributed by atoms with E-state index in [2.05, 4.69) is 9.64 Å². The molecule has 0 bridgehead atoms. The van der Waals surface area contributed by atoms with Crippen LogP contribution in [0.2, 0.25) is 0 Å². The van der Waals surface area contributed by atoms with Crippen molar-refractivity contribution >= 4 is 11.8 Å². The third-order valence-electron chi connectivity index (χ3n) is 2.90. The van der Waals surface area contributed by atoms with Gasteiger partial charge in [-0.3, -0.25) is 0 Å². The number of methoxy groups -OCH3 is 1. The van der Waals surface area contributed by atoms with Crippen LogP contribution in [0.5, 0.6) is 0 Å². The molecule has 1 aromatic rings. The molecule has 5 heteroatoms. The summed E-state index contributed by atoms with van der Waals surface area (Å²) >= 11 is 0. The Labute approximate surface area is 99.6 Å². The normalized spacial score (nSPS) is 15.9. The maximum atomic E-state index is 12.8. The van der Waals surface area contributed by atoms with Gasteiger partial charge in [0.2, 0.25) is 0 Å². The van der Waals surface area contributed by atoms with Gasteiger partial charge >= 0.3 is 6.09 Å². The first-order valence-corrected chi connectivity index (χ1v) is 5.54. The maximum Gasteiger partial charge on any atom is 0.409 e. The third kappa shape index (κ3) is 2.67. The molecule has 0 aliphatic carbocycles. The third-order valence-corrected chi connectivity index (χ3v) is 2.90. The van der Waals surface area contributed by atoms with E-state index < -0.39 is 0 Å². The smallest absolute Gasteiger partial charge is 0.409 e. The van der Waals surface area contributed by atoms with Crippen molar-refractivity contribution in [2.24, 2.45) is 0 Å². The molecular weight excluding hydrogens is 223 g/mol. The van der Waals surface area contributed by atoms with Crippen LogP contribution >= 0.6 is 0 Å². The van der Waals surface area contributed by atoms with Gasteiger partial charge in [-0.2, -0.15) is 0 Å². The Morgan fingerprint density at radius 1 is 1.18 bits per heavy atom. The van der Waals surface area contributed by atoms with Crippen molar-refractivity contribution < 1.29 is 13.9 Å². The molecule has 0 aromatic heterocycles. The van der Waals surface area contributed by atoms with E-state index in [0.717, 1.165) is 18.8 Å². The number of rotatable bonds is 1. The van der Waals surface area contributed by atoms with Crippen molar-refractivity contribution in [2.45, 2.75) is 0 Å². The minimum atomic E-state index is -0.288. The van der Waals surface area contributed by atoms with E-state index in [1.807, 2.05) is 0 Å². The lowest BCUT2D eigenvalue weighted by atomic mass is 10.2. The van der Waals surface area contributed by atoms with Crippen molar-refractivity contribution in [1.29, 1.82) is 0 Å². The summed E-state index contributed by atoms with van der Waals surface area (Å²) < 4.78 is 17.4. The molecule has 0 N–H and O–H groups in total. The van der Waals surface area contributed by atoms with Crippen molar-refractivity contribution in [3.8, 4) is 0 Å². The van der Waals surface area contributed by atoms with Crippen molar-refractivity contribution in [2.75, 3.05) is 38.2 Å². The van der Waals surface area contributed by atoms with Gasteiger partial charge in [0, 0.05) is 31.9 Å². The number of amides is 1. The minimum absolute atomic E-state index is 0.234. The number of halogens is 1. The van der Waals surface area contributed by atoms with E-state index in [-0.39, 0.29) is 11.9 Å². The van der Waals surface area contributed by atoms with Gasteiger partial charge in [-0.15, -0.1) is 0 Å². The zero-order valence-electron chi connectivity index (χ0n) is 9.73. The Hall–Kier alpha value is -1.78. The van der Waals surface area contributed by atoms with Crippen LogP contribution < -0.4 is 4.90 Å². The lowest BCUT2D eigenvalue weighted by Crippen LogP contribution is -2.48. The number of piperazine rings is 1. The Morgan fingerprint density at radius 2 is 1.76 bits per heavy atom. The number of benzene rings is 1. The first-order valence-electron chi connectivity index (χ1n) is 5.54. The Balaban J connectivity index is 1.95. The van der Waals surface area contributed by atoms with Crippen molar-refractivity contribution in [3.05, 3.63) is 30.1 Å². The van der Waals surface area contributed by atoms with Crippen molar-refractivity contribution in [1.82, 2.24) is 4.90 Å². The van der Waals surface area contributed by atoms with E-state index in [9.17, 15) is 9.18 Å². The van der Waals surface area contributed by atoms with Crippen LogP contribution in [0.25, 0.3) is 0 Å². The molecule has 0 unspecified atom stereocenters. The SMILES string of the molecule is COC(=O)N1CCN(c2ccc(F)cc2)CC1. The van der Waals surface area contributed by atoms with Gasteiger partial charge in [-0.1, -0.05) is 0 Å². The summed E-state index contributed by atoms with van der Waals surface area (Å²) in [6.45, 7) is 2.73. The summed E-state index contributed by atoms with van der Waals surface area (Å²) in [4.78, 5) is 15.1. The highest BCUT2D eigenvalue weighted by molar-refractivity contribution is 5.68. The molecule has 1 aliphatic rings. The molecule has 1 aromatic carbocycles. The standard InChI is InChI=1S/C12H15FN2O2/c1-17-12(16)15-8-6-14(7-9-15)11-4-2-10(13)3-5-11/h2-5H,6-9H2,1H3. The summed E-state index contributed by atoms with van der Waals surface area (Å²) in [7, 11) is 1.38. The molecule has 1 fully saturated rings. The average molecular weight is 238 g/mol. The highest BCUT2D eigenvalue weighted by Gasteiger charge is 2.21. The van der Waals surface area contributed by atoms with Crippen LogP contribution in [0.15, 0.2) is 24.3 Å². The van der Waals surface area contributed by atoms with Gasteiger partial charge < -0.3 is 14.5 Å². The van der Waals surface area contributed by atoms with Crippen molar-refractivity contribution in [3.63, 3.8) is 0 Å². The topological polar surface area (TPSA) is 32.8 Å². The number of nitrogens with zero attached hydrogens (tertiary/aromatic N) is 2. The van der Waals surface area contributed by atoms with Crippen LogP contribution in [0, 0.1) is 5.82 Å². The monoisotopic (exact) mass is 238 g/mol. The Kier molecular flexibility index (Phi) is 3.46. The predicted octanol–water partition coefficient (Wildman–Crippen LogP) is 1.71. The Morgan fingerprint density at radius 3 is 2.29 bits per heavy atom. The lowest BCUT2D eigenvalue weighted by Gasteiger charge is -2.35. The van der Waals surface area contributed by atoms with E-state index >= 15 is 0 Å². The number of hydrogen-bond donors (Lipinski definition) is 0. The largest absolute Gasteiger partial charge is 0.453 e. The molecule has 1 amide bonds. The van der Waals surface area contributed by atoms with Gasteiger partial charge in [-0.25, -0.2) is 9.18 Å². The second-order valence-corrected chi connectivity index (χ2v) is 3.92. The second-order valence-electron chi connectivity index (χ2n) is 3.92. The maximum absolute atomic E-state index is 12.8. The molecule has 2 rings (SSSR count). The molecule has 0 saturated carbocycles. The van der Waals surface area contributed by atoms with Gasteiger partial charge in [0.1, 0.15) is 5.82 Å². The van der Waals surface area contributed by atoms with E-state index in [4.69, 9.17) is 0 Å². The molecule has 4 nitrogen and oxygen atoms in total. The summed E-state index contributed by atoms with van der Waals surface area (Å²) in [5.74, 6) is -0.234. The molecule has 17 heavy (non-hydrogen) atoms. The zero-order chi connectivity index (χ0) is 12.3. The molecule has 1 heterocycles. The number of ether oxygens (including phenoxy) is 1. The molecule has 0 spiro atoms. The van der Waals surface area contributed by atoms with Crippen LogP contribution in [0.1, 0.15) is 0 Å². The first kappa shape index (κ1) is 11.7. The summed E-state index contributed by atoms with van der Waals surface area (Å²) in [5, 5.41) is 0.